The van der Waals surface area contributed by atoms with Crippen molar-refractivity contribution in [3.8, 4) is 0 Å². The number of amides is 3. The molecule has 112 valence electrons. The molecule has 1 aliphatic heterocycles. The SMILES string of the molecule is O=C(O)CCC(=O)NC(=O)N1CCCC1C1CCCC1. The van der Waals surface area contributed by atoms with Gasteiger partial charge in [0, 0.05) is 19.0 Å². The third-order valence-corrected chi connectivity index (χ3v) is 4.32. The third kappa shape index (κ3) is 3.71. The number of carbonyl (C=O) groups is 3. The van der Waals surface area contributed by atoms with E-state index in [1.165, 1.54) is 25.7 Å². The third-order valence-electron chi connectivity index (χ3n) is 4.32. The van der Waals surface area contributed by atoms with Gasteiger partial charge in [-0.25, -0.2) is 4.79 Å². The maximum Gasteiger partial charge on any atom is 0.324 e. The molecule has 3 amide bonds. The predicted octanol–water partition coefficient (Wildman–Crippen LogP) is 1.74. The van der Waals surface area contributed by atoms with Gasteiger partial charge in [0.1, 0.15) is 0 Å². The average Bonchev–Trinajstić information content (AvgIpc) is 3.05. The first kappa shape index (κ1) is 14.8. The first-order chi connectivity index (χ1) is 9.58. The fourth-order valence-electron chi connectivity index (χ4n) is 3.35. The van der Waals surface area contributed by atoms with Gasteiger partial charge in [-0.2, -0.15) is 0 Å². The summed E-state index contributed by atoms with van der Waals surface area (Å²) >= 11 is 0. The molecule has 2 fully saturated rings. The van der Waals surface area contributed by atoms with Crippen molar-refractivity contribution in [1.29, 1.82) is 0 Å². The Morgan fingerprint density at radius 3 is 2.40 bits per heavy atom. The Kier molecular flexibility index (Phi) is 4.98. The van der Waals surface area contributed by atoms with Crippen LogP contribution < -0.4 is 5.32 Å². The van der Waals surface area contributed by atoms with Crippen LogP contribution in [0.15, 0.2) is 0 Å². The molecule has 2 rings (SSSR count). The molecule has 0 bridgehead atoms. The Morgan fingerprint density at radius 1 is 1.05 bits per heavy atom. The summed E-state index contributed by atoms with van der Waals surface area (Å²) in [5, 5.41) is 10.8. The van der Waals surface area contributed by atoms with Crippen LogP contribution in [0.5, 0.6) is 0 Å². The molecule has 1 aliphatic carbocycles. The summed E-state index contributed by atoms with van der Waals surface area (Å²) in [5.74, 6) is -0.968. The first-order valence-electron chi connectivity index (χ1n) is 7.40. The molecule has 0 radical (unpaired) electrons. The maximum absolute atomic E-state index is 12.1. The molecule has 2 aliphatic rings. The number of nitrogens with one attached hydrogen (secondary N) is 1. The van der Waals surface area contributed by atoms with Crippen molar-refractivity contribution in [3.63, 3.8) is 0 Å². The maximum atomic E-state index is 12.1. The Hall–Kier alpha value is -1.59. The predicted molar refractivity (Wildman–Crippen MR) is 72.1 cm³/mol. The summed E-state index contributed by atoms with van der Waals surface area (Å²) in [7, 11) is 0. The number of likely N-dealkylation sites (tertiary alicyclic amines) is 1. The van der Waals surface area contributed by atoms with E-state index in [1.807, 2.05) is 0 Å². The van der Waals surface area contributed by atoms with Crippen LogP contribution in [0.25, 0.3) is 0 Å². The molecule has 6 heteroatoms. The van der Waals surface area contributed by atoms with Crippen LogP contribution in [0.1, 0.15) is 51.4 Å². The van der Waals surface area contributed by atoms with Gasteiger partial charge in [-0.3, -0.25) is 14.9 Å². The van der Waals surface area contributed by atoms with Crippen molar-refractivity contribution in [1.82, 2.24) is 10.2 Å². The van der Waals surface area contributed by atoms with Crippen molar-refractivity contribution in [2.45, 2.75) is 57.4 Å². The molecule has 1 saturated heterocycles. The first-order valence-corrected chi connectivity index (χ1v) is 7.40. The van der Waals surface area contributed by atoms with Gasteiger partial charge in [-0.05, 0) is 31.6 Å². The lowest BCUT2D eigenvalue weighted by atomic mass is 9.96. The molecule has 2 N–H and O–H groups in total. The second-order valence-electron chi connectivity index (χ2n) is 5.69. The van der Waals surface area contributed by atoms with Crippen LogP contribution in [0, 0.1) is 5.92 Å². The number of rotatable bonds is 4. The summed E-state index contributed by atoms with van der Waals surface area (Å²) in [6, 6.07) is -0.0976. The largest absolute Gasteiger partial charge is 0.481 e. The number of hydrogen-bond acceptors (Lipinski definition) is 3. The minimum atomic E-state index is -1.03. The van der Waals surface area contributed by atoms with E-state index in [-0.39, 0.29) is 24.9 Å². The Balaban J connectivity index is 1.84. The summed E-state index contributed by atoms with van der Waals surface area (Å²) < 4.78 is 0. The zero-order valence-corrected chi connectivity index (χ0v) is 11.6. The molecule has 1 atom stereocenters. The smallest absolute Gasteiger partial charge is 0.324 e. The Labute approximate surface area is 118 Å². The number of hydrogen-bond donors (Lipinski definition) is 2. The van der Waals surface area contributed by atoms with E-state index < -0.39 is 11.9 Å². The topological polar surface area (TPSA) is 86.7 Å². The molecular formula is C14H22N2O4. The number of nitrogens with zero attached hydrogens (tertiary/aromatic N) is 1. The summed E-state index contributed by atoms with van der Waals surface area (Å²) in [5.41, 5.74) is 0. The van der Waals surface area contributed by atoms with Gasteiger partial charge in [0.2, 0.25) is 5.91 Å². The molecule has 20 heavy (non-hydrogen) atoms. The van der Waals surface area contributed by atoms with E-state index in [9.17, 15) is 14.4 Å². The lowest BCUT2D eigenvalue weighted by Crippen LogP contribution is -2.47. The fraction of sp³-hybridized carbons (Fsp3) is 0.786. The van der Waals surface area contributed by atoms with Gasteiger partial charge in [0.25, 0.3) is 0 Å². The molecule has 1 unspecified atom stereocenters. The van der Waals surface area contributed by atoms with Crippen molar-refractivity contribution in [2.24, 2.45) is 5.92 Å². The number of aliphatic carboxylic acids is 1. The minimum absolute atomic E-state index is 0.150. The highest BCUT2D eigenvalue weighted by Crippen LogP contribution is 2.35. The van der Waals surface area contributed by atoms with Gasteiger partial charge in [-0.1, -0.05) is 12.8 Å². The lowest BCUT2D eigenvalue weighted by molar-refractivity contribution is -0.138. The van der Waals surface area contributed by atoms with E-state index in [1.54, 1.807) is 4.90 Å². The number of carboxylic acid groups (broad SMARTS) is 1. The van der Waals surface area contributed by atoms with Crippen molar-refractivity contribution < 1.29 is 19.5 Å². The highest BCUT2D eigenvalue weighted by atomic mass is 16.4. The molecule has 1 saturated carbocycles. The highest BCUT2D eigenvalue weighted by Gasteiger charge is 2.36. The highest BCUT2D eigenvalue weighted by molar-refractivity contribution is 5.95. The Bertz CT molecular complexity index is 391. The van der Waals surface area contributed by atoms with Gasteiger partial charge >= 0.3 is 12.0 Å². The normalized spacial score (nSPS) is 23.0. The zero-order valence-electron chi connectivity index (χ0n) is 11.6. The number of urea groups is 1. The van der Waals surface area contributed by atoms with Gasteiger partial charge in [0.15, 0.2) is 0 Å². The standard InChI is InChI=1S/C14H22N2O4/c17-12(7-8-13(18)19)15-14(20)16-9-3-6-11(16)10-4-1-2-5-10/h10-11H,1-9H2,(H,18,19)(H,15,17,20). The van der Waals surface area contributed by atoms with Gasteiger partial charge in [0.05, 0.1) is 6.42 Å². The van der Waals surface area contributed by atoms with Crippen molar-refractivity contribution in [3.05, 3.63) is 0 Å². The molecule has 1 heterocycles. The second-order valence-corrected chi connectivity index (χ2v) is 5.69. The number of imide groups is 1. The van der Waals surface area contributed by atoms with Crippen LogP contribution in [-0.4, -0.2) is 40.5 Å². The van der Waals surface area contributed by atoms with Crippen LogP contribution in [0.2, 0.25) is 0 Å². The van der Waals surface area contributed by atoms with E-state index in [0.717, 1.165) is 12.8 Å². The van der Waals surface area contributed by atoms with E-state index >= 15 is 0 Å². The van der Waals surface area contributed by atoms with Crippen LogP contribution >= 0.6 is 0 Å². The van der Waals surface area contributed by atoms with E-state index in [4.69, 9.17) is 5.11 Å². The quantitative estimate of drug-likeness (QED) is 0.822. The summed E-state index contributed by atoms with van der Waals surface area (Å²) in [4.78, 5) is 35.8. The zero-order chi connectivity index (χ0) is 14.5. The molecule has 0 aromatic heterocycles. The fourth-order valence-corrected chi connectivity index (χ4v) is 3.35. The average molecular weight is 282 g/mol. The molecule has 0 aromatic carbocycles. The van der Waals surface area contributed by atoms with Gasteiger partial charge in [-0.15, -0.1) is 0 Å². The monoisotopic (exact) mass is 282 g/mol. The molecule has 0 spiro atoms. The van der Waals surface area contributed by atoms with E-state index in [2.05, 4.69) is 5.32 Å². The van der Waals surface area contributed by atoms with E-state index in [0.29, 0.717) is 12.5 Å². The van der Waals surface area contributed by atoms with Gasteiger partial charge < -0.3 is 10.0 Å². The molecule has 0 aromatic rings. The second kappa shape index (κ2) is 6.72. The van der Waals surface area contributed by atoms with Crippen LogP contribution in [-0.2, 0) is 9.59 Å². The lowest BCUT2D eigenvalue weighted by Gasteiger charge is -2.29. The summed E-state index contributed by atoms with van der Waals surface area (Å²) in [6.07, 6.45) is 6.40. The van der Waals surface area contributed by atoms with Crippen LogP contribution in [0.4, 0.5) is 4.79 Å². The Morgan fingerprint density at radius 2 is 1.75 bits per heavy atom. The minimum Gasteiger partial charge on any atom is -0.481 e. The van der Waals surface area contributed by atoms with Crippen LogP contribution in [0.3, 0.4) is 0 Å². The molecule has 6 nitrogen and oxygen atoms in total. The van der Waals surface area contributed by atoms with Crippen molar-refractivity contribution in [2.75, 3.05) is 6.54 Å². The summed E-state index contributed by atoms with van der Waals surface area (Å²) in [6.45, 7) is 0.694. The number of carbonyl (C=O) groups excluding carboxylic acids is 2. The van der Waals surface area contributed by atoms with Crippen molar-refractivity contribution >= 4 is 17.9 Å². The molecular weight excluding hydrogens is 260 g/mol. The number of carboxylic acids is 1.